The highest BCUT2D eigenvalue weighted by molar-refractivity contribution is 6.31. The molecule has 3 aromatic rings. The SMILES string of the molecule is CC(C)c1oc2cc(O)ccc2c(=O)c1-c1ccc(F)c(Cl)c1. The van der Waals surface area contributed by atoms with E-state index in [1.807, 2.05) is 13.8 Å². The first-order valence-electron chi connectivity index (χ1n) is 7.13. The summed E-state index contributed by atoms with van der Waals surface area (Å²) in [4.78, 5) is 12.9. The first-order chi connectivity index (χ1) is 10.9. The van der Waals surface area contributed by atoms with Crippen molar-refractivity contribution < 1.29 is 13.9 Å². The van der Waals surface area contributed by atoms with Crippen LogP contribution in [0.3, 0.4) is 0 Å². The van der Waals surface area contributed by atoms with Crippen molar-refractivity contribution in [3.05, 3.63) is 63.2 Å². The molecule has 0 saturated carbocycles. The van der Waals surface area contributed by atoms with Crippen LogP contribution in [0.1, 0.15) is 25.5 Å². The number of halogens is 2. The average Bonchev–Trinajstić information content (AvgIpc) is 2.49. The van der Waals surface area contributed by atoms with E-state index >= 15 is 0 Å². The molecule has 0 radical (unpaired) electrons. The number of phenolic OH excluding ortho intramolecular Hbond substituents is 1. The molecule has 0 saturated heterocycles. The highest BCUT2D eigenvalue weighted by Gasteiger charge is 2.19. The molecular formula is C18H14ClFO3. The van der Waals surface area contributed by atoms with Crippen LogP contribution in [0, 0.1) is 5.82 Å². The van der Waals surface area contributed by atoms with Crippen LogP contribution in [0.25, 0.3) is 22.1 Å². The van der Waals surface area contributed by atoms with Gasteiger partial charge in [0.25, 0.3) is 0 Å². The topological polar surface area (TPSA) is 50.4 Å². The van der Waals surface area contributed by atoms with Crippen LogP contribution in [-0.4, -0.2) is 5.11 Å². The van der Waals surface area contributed by atoms with Crippen molar-refractivity contribution in [3.63, 3.8) is 0 Å². The molecule has 0 atom stereocenters. The maximum Gasteiger partial charge on any atom is 0.200 e. The summed E-state index contributed by atoms with van der Waals surface area (Å²) in [6.07, 6.45) is 0. The lowest BCUT2D eigenvalue weighted by atomic mass is 9.97. The number of fused-ring (bicyclic) bond motifs is 1. The van der Waals surface area contributed by atoms with Crippen molar-refractivity contribution in [2.24, 2.45) is 0 Å². The zero-order valence-corrected chi connectivity index (χ0v) is 13.3. The van der Waals surface area contributed by atoms with Gasteiger partial charge in [0.15, 0.2) is 0 Å². The standard InChI is InChI=1S/C18H14ClFO3/c1-9(2)18-16(10-3-6-14(20)13(19)7-10)17(22)12-5-4-11(21)8-15(12)23-18/h3-9,21H,1-2H3. The lowest BCUT2D eigenvalue weighted by molar-refractivity contribution is 0.470. The third-order valence-electron chi connectivity index (χ3n) is 3.64. The molecule has 3 rings (SSSR count). The first kappa shape index (κ1) is 15.6. The van der Waals surface area contributed by atoms with Gasteiger partial charge in [-0.05, 0) is 29.8 Å². The molecule has 1 aromatic heterocycles. The molecule has 1 N–H and O–H groups in total. The molecule has 0 aliphatic heterocycles. The number of rotatable bonds is 2. The lowest BCUT2D eigenvalue weighted by Gasteiger charge is -2.13. The molecular weight excluding hydrogens is 319 g/mol. The van der Waals surface area contributed by atoms with Gasteiger partial charge < -0.3 is 9.52 Å². The molecule has 0 aliphatic rings. The summed E-state index contributed by atoms with van der Waals surface area (Å²) in [5.74, 6) is -0.131. The van der Waals surface area contributed by atoms with E-state index in [1.165, 1.54) is 36.4 Å². The van der Waals surface area contributed by atoms with E-state index in [-0.39, 0.29) is 22.1 Å². The monoisotopic (exact) mass is 332 g/mol. The van der Waals surface area contributed by atoms with Gasteiger partial charge in [0.1, 0.15) is 22.9 Å². The van der Waals surface area contributed by atoms with Crippen molar-refractivity contribution in [2.45, 2.75) is 19.8 Å². The summed E-state index contributed by atoms with van der Waals surface area (Å²) in [6, 6.07) is 8.49. The Morgan fingerprint density at radius 3 is 2.57 bits per heavy atom. The second-order valence-electron chi connectivity index (χ2n) is 5.63. The summed E-state index contributed by atoms with van der Waals surface area (Å²) in [5, 5.41) is 9.88. The molecule has 0 bridgehead atoms. The summed E-state index contributed by atoms with van der Waals surface area (Å²) in [6.45, 7) is 3.78. The fourth-order valence-electron chi connectivity index (χ4n) is 2.53. The van der Waals surface area contributed by atoms with Gasteiger partial charge in [0.05, 0.1) is 16.0 Å². The van der Waals surface area contributed by atoms with Crippen molar-refractivity contribution in [1.82, 2.24) is 0 Å². The zero-order valence-electron chi connectivity index (χ0n) is 12.6. The molecule has 0 amide bonds. The third-order valence-corrected chi connectivity index (χ3v) is 3.93. The molecule has 3 nitrogen and oxygen atoms in total. The largest absolute Gasteiger partial charge is 0.508 e. The third kappa shape index (κ3) is 2.70. The predicted octanol–water partition coefficient (Wildman–Crippen LogP) is 5.08. The Morgan fingerprint density at radius 1 is 1.17 bits per heavy atom. The van der Waals surface area contributed by atoms with Gasteiger partial charge in [0, 0.05) is 12.0 Å². The fourth-order valence-corrected chi connectivity index (χ4v) is 2.71. The Hall–Kier alpha value is -2.33. The van der Waals surface area contributed by atoms with Crippen LogP contribution < -0.4 is 5.43 Å². The van der Waals surface area contributed by atoms with E-state index in [0.29, 0.717) is 27.9 Å². The smallest absolute Gasteiger partial charge is 0.200 e. The van der Waals surface area contributed by atoms with Gasteiger partial charge in [-0.1, -0.05) is 31.5 Å². The summed E-state index contributed by atoms with van der Waals surface area (Å²) >= 11 is 5.85. The van der Waals surface area contributed by atoms with Crippen LogP contribution >= 0.6 is 11.6 Å². The maximum atomic E-state index is 13.4. The molecule has 118 valence electrons. The van der Waals surface area contributed by atoms with Crippen LogP contribution in [-0.2, 0) is 0 Å². The van der Waals surface area contributed by atoms with E-state index in [9.17, 15) is 14.3 Å². The molecule has 23 heavy (non-hydrogen) atoms. The van der Waals surface area contributed by atoms with Crippen molar-refractivity contribution in [3.8, 4) is 16.9 Å². The number of benzene rings is 2. The van der Waals surface area contributed by atoms with Gasteiger partial charge in [-0.2, -0.15) is 0 Å². The average molecular weight is 333 g/mol. The second-order valence-corrected chi connectivity index (χ2v) is 6.04. The normalized spacial score (nSPS) is 11.3. The summed E-state index contributed by atoms with van der Waals surface area (Å²) in [7, 11) is 0. The highest BCUT2D eigenvalue weighted by Crippen LogP contribution is 2.32. The number of hydrogen-bond acceptors (Lipinski definition) is 3. The van der Waals surface area contributed by atoms with Crippen LogP contribution in [0.4, 0.5) is 4.39 Å². The Kier molecular flexibility index (Phi) is 3.86. The van der Waals surface area contributed by atoms with Gasteiger partial charge >= 0.3 is 0 Å². The fraction of sp³-hybridized carbons (Fsp3) is 0.167. The summed E-state index contributed by atoms with van der Waals surface area (Å²) in [5.41, 5.74) is 0.942. The van der Waals surface area contributed by atoms with Gasteiger partial charge in [0.2, 0.25) is 5.43 Å². The summed E-state index contributed by atoms with van der Waals surface area (Å²) < 4.78 is 19.3. The van der Waals surface area contributed by atoms with Gasteiger partial charge in [-0.25, -0.2) is 4.39 Å². The van der Waals surface area contributed by atoms with E-state index in [0.717, 1.165) is 0 Å². The highest BCUT2D eigenvalue weighted by atomic mass is 35.5. The maximum absolute atomic E-state index is 13.4. The van der Waals surface area contributed by atoms with Crippen LogP contribution in [0.5, 0.6) is 5.75 Å². The molecule has 1 heterocycles. The van der Waals surface area contributed by atoms with E-state index in [1.54, 1.807) is 0 Å². The van der Waals surface area contributed by atoms with Crippen LogP contribution in [0.2, 0.25) is 5.02 Å². The minimum absolute atomic E-state index is 0.0212. The molecule has 0 aliphatic carbocycles. The first-order valence-corrected chi connectivity index (χ1v) is 7.51. The van der Waals surface area contributed by atoms with Crippen LogP contribution in [0.15, 0.2) is 45.6 Å². The number of aromatic hydroxyl groups is 1. The quantitative estimate of drug-likeness (QED) is 0.711. The van der Waals surface area contributed by atoms with E-state index < -0.39 is 5.82 Å². The van der Waals surface area contributed by atoms with Gasteiger partial charge in [-0.3, -0.25) is 4.79 Å². The Bertz CT molecular complexity index is 960. The predicted molar refractivity (Wildman–Crippen MR) is 88.6 cm³/mol. The lowest BCUT2D eigenvalue weighted by Crippen LogP contribution is -2.10. The number of phenols is 1. The van der Waals surface area contributed by atoms with E-state index in [2.05, 4.69) is 0 Å². The molecule has 0 fully saturated rings. The molecule has 0 unspecified atom stereocenters. The Morgan fingerprint density at radius 2 is 1.91 bits per heavy atom. The second kappa shape index (κ2) is 5.70. The van der Waals surface area contributed by atoms with Crippen molar-refractivity contribution in [1.29, 1.82) is 0 Å². The Labute approximate surface area is 136 Å². The van der Waals surface area contributed by atoms with Crippen molar-refractivity contribution >= 4 is 22.6 Å². The Balaban J connectivity index is 2.40. The zero-order chi connectivity index (χ0) is 16.7. The minimum atomic E-state index is -0.545. The molecule has 5 heteroatoms. The van der Waals surface area contributed by atoms with Gasteiger partial charge in [-0.15, -0.1) is 0 Å². The van der Waals surface area contributed by atoms with Crippen molar-refractivity contribution in [2.75, 3.05) is 0 Å². The minimum Gasteiger partial charge on any atom is -0.508 e. The molecule has 2 aromatic carbocycles. The number of hydrogen-bond donors (Lipinski definition) is 1. The molecule has 0 spiro atoms. The van der Waals surface area contributed by atoms with E-state index in [4.69, 9.17) is 16.0 Å².